The Morgan fingerprint density at radius 2 is 1.68 bits per heavy atom. The Morgan fingerprint density at radius 3 is 2.23 bits per heavy atom. The molecule has 6 heteroatoms. The summed E-state index contributed by atoms with van der Waals surface area (Å²) in [4.78, 5) is 14.8. The second-order valence-electron chi connectivity index (χ2n) is 6.07. The molecule has 2 rings (SSSR count). The summed E-state index contributed by atoms with van der Waals surface area (Å²) in [6.45, 7) is 5.60. The minimum absolute atomic E-state index is 0.0593. The van der Waals surface area contributed by atoms with Crippen LogP contribution in [0.3, 0.4) is 0 Å². The number of rotatable bonds is 5. The van der Waals surface area contributed by atoms with Gasteiger partial charge in [0, 0.05) is 0 Å². The van der Waals surface area contributed by atoms with Crippen LogP contribution in [0, 0.1) is 5.92 Å². The summed E-state index contributed by atoms with van der Waals surface area (Å²) in [5.74, 6) is -0.371. The summed E-state index contributed by atoms with van der Waals surface area (Å²) < 4.78 is 26.8. The molecule has 1 aromatic carbocycles. The predicted octanol–water partition coefficient (Wildman–Crippen LogP) is 2.00. The summed E-state index contributed by atoms with van der Waals surface area (Å²) in [7, 11) is -3.80. The number of hydrogen-bond acceptors (Lipinski definition) is 4. The van der Waals surface area contributed by atoms with Crippen LogP contribution in [0.5, 0.6) is 0 Å². The van der Waals surface area contributed by atoms with Gasteiger partial charge in [-0.2, -0.15) is 0 Å². The number of likely N-dealkylation sites (tertiary alicyclic amines) is 1. The highest BCUT2D eigenvalue weighted by molar-refractivity contribution is 7.90. The third kappa shape index (κ3) is 4.08. The van der Waals surface area contributed by atoms with Crippen molar-refractivity contribution in [1.82, 2.24) is 9.62 Å². The van der Waals surface area contributed by atoms with Crippen LogP contribution in [0.15, 0.2) is 35.2 Å². The fourth-order valence-electron chi connectivity index (χ4n) is 2.94. The number of piperidine rings is 1. The first-order chi connectivity index (χ1) is 10.4. The van der Waals surface area contributed by atoms with E-state index in [0.29, 0.717) is 0 Å². The first-order valence-corrected chi connectivity index (χ1v) is 9.26. The van der Waals surface area contributed by atoms with E-state index in [1.807, 2.05) is 13.8 Å². The van der Waals surface area contributed by atoms with E-state index in [1.54, 1.807) is 18.2 Å². The largest absolute Gasteiger partial charge is 0.292 e. The van der Waals surface area contributed by atoms with Crippen LogP contribution in [-0.2, 0) is 14.8 Å². The molecular weight excluding hydrogens is 300 g/mol. The van der Waals surface area contributed by atoms with Gasteiger partial charge >= 0.3 is 0 Å². The molecule has 1 heterocycles. The quantitative estimate of drug-likeness (QED) is 0.899. The lowest BCUT2D eigenvalue weighted by molar-refractivity contribution is -0.126. The maximum absolute atomic E-state index is 12.5. The Morgan fingerprint density at radius 1 is 1.09 bits per heavy atom. The standard InChI is InChI=1S/C16H24N2O3S/c1-13(2)15(18-11-7-4-8-12-18)16(19)17-22(20,21)14-9-5-3-6-10-14/h3,5-6,9-10,13,15H,4,7-8,11-12H2,1-2H3,(H,17,19). The second-order valence-corrected chi connectivity index (χ2v) is 7.75. The van der Waals surface area contributed by atoms with E-state index in [2.05, 4.69) is 9.62 Å². The number of nitrogens with zero attached hydrogens (tertiary/aromatic N) is 1. The molecule has 1 fully saturated rings. The maximum Gasteiger partial charge on any atom is 0.264 e. The highest BCUT2D eigenvalue weighted by Crippen LogP contribution is 2.18. The zero-order valence-electron chi connectivity index (χ0n) is 13.2. The van der Waals surface area contributed by atoms with Crippen molar-refractivity contribution in [2.45, 2.75) is 44.0 Å². The van der Waals surface area contributed by atoms with Crippen LogP contribution in [0.2, 0.25) is 0 Å². The first-order valence-electron chi connectivity index (χ1n) is 7.77. The van der Waals surface area contributed by atoms with Gasteiger partial charge in [0.25, 0.3) is 15.9 Å². The Bertz CT molecular complexity index is 593. The summed E-state index contributed by atoms with van der Waals surface area (Å²) in [5.41, 5.74) is 0. The Labute approximate surface area is 132 Å². The SMILES string of the molecule is CC(C)C(C(=O)NS(=O)(=O)c1ccccc1)N1CCCCC1. The topological polar surface area (TPSA) is 66.5 Å². The van der Waals surface area contributed by atoms with E-state index < -0.39 is 22.0 Å². The lowest BCUT2D eigenvalue weighted by Crippen LogP contribution is -2.52. The minimum atomic E-state index is -3.80. The Hall–Kier alpha value is -1.40. The van der Waals surface area contributed by atoms with Crippen LogP contribution in [0.1, 0.15) is 33.1 Å². The molecule has 1 atom stereocenters. The molecule has 0 aromatic heterocycles. The minimum Gasteiger partial charge on any atom is -0.292 e. The number of benzene rings is 1. The molecule has 0 radical (unpaired) electrons. The number of hydrogen-bond donors (Lipinski definition) is 1. The van der Waals surface area contributed by atoms with Crippen molar-refractivity contribution in [2.24, 2.45) is 5.92 Å². The van der Waals surface area contributed by atoms with Crippen molar-refractivity contribution >= 4 is 15.9 Å². The molecule has 122 valence electrons. The molecule has 1 aliphatic heterocycles. The first kappa shape index (κ1) is 17.0. The highest BCUT2D eigenvalue weighted by atomic mass is 32.2. The maximum atomic E-state index is 12.5. The molecule has 1 aromatic rings. The number of amides is 1. The van der Waals surface area contributed by atoms with Crippen molar-refractivity contribution in [3.63, 3.8) is 0 Å². The molecule has 1 aliphatic rings. The average molecular weight is 324 g/mol. The molecule has 1 amide bonds. The van der Waals surface area contributed by atoms with Crippen LogP contribution < -0.4 is 4.72 Å². The summed E-state index contributed by atoms with van der Waals surface area (Å²) >= 11 is 0. The number of nitrogens with one attached hydrogen (secondary N) is 1. The molecule has 1 N–H and O–H groups in total. The molecule has 0 aliphatic carbocycles. The lowest BCUT2D eigenvalue weighted by atomic mass is 9.99. The van der Waals surface area contributed by atoms with Gasteiger partial charge in [0.1, 0.15) is 0 Å². The zero-order valence-corrected chi connectivity index (χ0v) is 14.0. The number of sulfonamides is 1. The van der Waals surface area contributed by atoms with Crippen LogP contribution >= 0.6 is 0 Å². The van der Waals surface area contributed by atoms with Gasteiger partial charge in [-0.25, -0.2) is 13.1 Å². The van der Waals surface area contributed by atoms with Crippen LogP contribution in [-0.4, -0.2) is 38.4 Å². The molecule has 0 bridgehead atoms. The highest BCUT2D eigenvalue weighted by Gasteiger charge is 2.32. The Kier molecular flexibility index (Phi) is 5.58. The van der Waals surface area contributed by atoms with Gasteiger partial charge in [0.05, 0.1) is 10.9 Å². The molecule has 5 nitrogen and oxygen atoms in total. The van der Waals surface area contributed by atoms with Crippen LogP contribution in [0.25, 0.3) is 0 Å². The smallest absolute Gasteiger partial charge is 0.264 e. The predicted molar refractivity (Wildman–Crippen MR) is 85.8 cm³/mol. The molecule has 1 unspecified atom stereocenters. The Balaban J connectivity index is 2.14. The molecule has 0 spiro atoms. The van der Waals surface area contributed by atoms with Gasteiger partial charge in [-0.1, -0.05) is 38.5 Å². The fraction of sp³-hybridized carbons (Fsp3) is 0.562. The molecule has 0 saturated carbocycles. The summed E-state index contributed by atoms with van der Waals surface area (Å²) in [6, 6.07) is 7.60. The van der Waals surface area contributed by atoms with E-state index in [9.17, 15) is 13.2 Å². The van der Waals surface area contributed by atoms with Gasteiger partial charge in [-0.15, -0.1) is 0 Å². The van der Waals surface area contributed by atoms with Gasteiger partial charge < -0.3 is 0 Å². The monoisotopic (exact) mass is 324 g/mol. The average Bonchev–Trinajstić information content (AvgIpc) is 2.48. The van der Waals surface area contributed by atoms with Gasteiger partial charge in [-0.05, 0) is 44.0 Å². The normalized spacial score (nSPS) is 18.1. The molecule has 1 saturated heterocycles. The van der Waals surface area contributed by atoms with Crippen molar-refractivity contribution < 1.29 is 13.2 Å². The van der Waals surface area contributed by atoms with E-state index >= 15 is 0 Å². The fourth-order valence-corrected chi connectivity index (χ4v) is 3.96. The third-order valence-electron chi connectivity index (χ3n) is 3.97. The lowest BCUT2D eigenvalue weighted by Gasteiger charge is -2.35. The summed E-state index contributed by atoms with van der Waals surface area (Å²) in [5, 5.41) is 0. The van der Waals surface area contributed by atoms with Crippen molar-refractivity contribution in [2.75, 3.05) is 13.1 Å². The van der Waals surface area contributed by atoms with Crippen molar-refractivity contribution in [3.05, 3.63) is 30.3 Å². The third-order valence-corrected chi connectivity index (χ3v) is 5.34. The van der Waals surface area contributed by atoms with E-state index in [-0.39, 0.29) is 10.8 Å². The van der Waals surface area contributed by atoms with Gasteiger partial charge in [0.15, 0.2) is 0 Å². The van der Waals surface area contributed by atoms with Gasteiger partial charge in [-0.3, -0.25) is 9.69 Å². The van der Waals surface area contributed by atoms with Gasteiger partial charge in [0.2, 0.25) is 0 Å². The van der Waals surface area contributed by atoms with Crippen LogP contribution in [0.4, 0.5) is 0 Å². The van der Waals surface area contributed by atoms with Crippen molar-refractivity contribution in [3.8, 4) is 0 Å². The van der Waals surface area contributed by atoms with E-state index in [0.717, 1.165) is 25.9 Å². The zero-order chi connectivity index (χ0) is 16.2. The number of carbonyl (C=O) groups excluding carboxylic acids is 1. The van der Waals surface area contributed by atoms with E-state index in [4.69, 9.17) is 0 Å². The second kappa shape index (κ2) is 7.24. The van der Waals surface area contributed by atoms with Crippen molar-refractivity contribution in [1.29, 1.82) is 0 Å². The van der Waals surface area contributed by atoms with E-state index in [1.165, 1.54) is 18.6 Å². The summed E-state index contributed by atoms with van der Waals surface area (Å²) in [6.07, 6.45) is 3.29. The molecule has 22 heavy (non-hydrogen) atoms. The molecular formula is C16H24N2O3S. The number of carbonyl (C=O) groups is 1.